The first kappa shape index (κ1) is 17.6. The van der Waals surface area contributed by atoms with E-state index in [0.29, 0.717) is 23.9 Å². The van der Waals surface area contributed by atoms with Gasteiger partial charge >= 0.3 is 0 Å². The Balaban J connectivity index is 1.64. The Morgan fingerprint density at radius 3 is 3.00 bits per heavy atom. The highest BCUT2D eigenvalue weighted by atomic mass is 127. The molecule has 9 heteroatoms. The maximum Gasteiger partial charge on any atom is 0.173 e. The van der Waals surface area contributed by atoms with E-state index in [0.717, 1.165) is 16.4 Å². The van der Waals surface area contributed by atoms with Crippen LogP contribution in [-0.4, -0.2) is 26.1 Å². The maximum absolute atomic E-state index is 14.3. The number of hydroxylamine groups is 1. The minimum Gasteiger partial charge on any atom is -0.371 e. The van der Waals surface area contributed by atoms with Gasteiger partial charge in [-0.2, -0.15) is 5.48 Å². The third-order valence-corrected chi connectivity index (χ3v) is 4.81. The van der Waals surface area contributed by atoms with E-state index in [1.165, 1.54) is 6.07 Å². The second-order valence-corrected chi connectivity index (χ2v) is 7.45. The summed E-state index contributed by atoms with van der Waals surface area (Å²) in [5, 5.41) is 13.5. The van der Waals surface area contributed by atoms with Crippen molar-refractivity contribution in [2.75, 3.05) is 11.9 Å². The molecule has 7 nitrogen and oxygen atoms in total. The molecule has 0 bridgehead atoms. The van der Waals surface area contributed by atoms with Crippen LogP contribution in [0.5, 0.6) is 0 Å². The van der Waals surface area contributed by atoms with Gasteiger partial charge in [0.25, 0.3) is 0 Å². The van der Waals surface area contributed by atoms with Crippen molar-refractivity contribution in [3.63, 3.8) is 0 Å². The van der Waals surface area contributed by atoms with Crippen LogP contribution in [0.4, 0.5) is 15.9 Å². The van der Waals surface area contributed by atoms with Crippen LogP contribution < -0.4 is 10.8 Å². The summed E-state index contributed by atoms with van der Waals surface area (Å²) in [6, 6.07) is 4.86. The minimum atomic E-state index is -1.17. The molecule has 1 aromatic carbocycles. The van der Waals surface area contributed by atoms with Crippen LogP contribution in [0.1, 0.15) is 24.8 Å². The van der Waals surface area contributed by atoms with Gasteiger partial charge < -0.3 is 10.4 Å². The smallest absolute Gasteiger partial charge is 0.173 e. The van der Waals surface area contributed by atoms with Crippen molar-refractivity contribution < 1.29 is 14.3 Å². The minimum absolute atomic E-state index is 0.278. The van der Waals surface area contributed by atoms with Gasteiger partial charge in [-0.3, -0.25) is 14.2 Å². The van der Waals surface area contributed by atoms with Crippen LogP contribution >= 0.6 is 22.6 Å². The van der Waals surface area contributed by atoms with Gasteiger partial charge in [-0.15, -0.1) is 0 Å². The molecule has 3 N–H and O–H groups in total. The molecule has 4 rings (SSSR count). The molecule has 1 aliphatic carbocycles. The summed E-state index contributed by atoms with van der Waals surface area (Å²) < 4.78 is 16.8. The monoisotopic (exact) mass is 469 g/mol. The van der Waals surface area contributed by atoms with Crippen molar-refractivity contribution in [1.29, 1.82) is 0 Å². The van der Waals surface area contributed by atoms with Crippen LogP contribution in [0.3, 0.4) is 0 Å². The van der Waals surface area contributed by atoms with E-state index in [1.54, 1.807) is 35.3 Å². The van der Waals surface area contributed by atoms with E-state index in [2.05, 4.69) is 20.8 Å². The van der Waals surface area contributed by atoms with Gasteiger partial charge in [-0.25, -0.2) is 9.37 Å². The third-order valence-electron chi connectivity index (χ3n) is 4.14. The largest absolute Gasteiger partial charge is 0.371 e. The Labute approximate surface area is 162 Å². The van der Waals surface area contributed by atoms with Crippen molar-refractivity contribution in [2.45, 2.75) is 19.1 Å². The lowest BCUT2D eigenvalue weighted by Crippen LogP contribution is -2.25. The molecule has 1 atom stereocenters. The number of benzene rings is 1. The quantitative estimate of drug-likeness (QED) is 0.280. The normalized spacial score (nSPS) is 15.3. The number of hydrogen-bond donors (Lipinski definition) is 3. The molecule has 3 aromatic rings. The Kier molecular flexibility index (Phi) is 5.02. The molecule has 2 aromatic heterocycles. The van der Waals surface area contributed by atoms with Crippen LogP contribution in [0.15, 0.2) is 36.9 Å². The molecule has 1 saturated carbocycles. The third kappa shape index (κ3) is 3.80. The van der Waals surface area contributed by atoms with E-state index in [1.807, 2.05) is 22.6 Å². The molecule has 0 spiro atoms. The number of nitrogens with one attached hydrogen (secondary N) is 2. The molecule has 2 heterocycles. The summed E-state index contributed by atoms with van der Waals surface area (Å²) in [5.41, 5.74) is 3.88. The second-order valence-electron chi connectivity index (χ2n) is 6.20. The highest BCUT2D eigenvalue weighted by Crippen LogP contribution is 2.29. The van der Waals surface area contributed by atoms with Crippen LogP contribution in [-0.2, 0) is 4.84 Å². The predicted molar refractivity (Wildman–Crippen MR) is 102 cm³/mol. The fourth-order valence-electron chi connectivity index (χ4n) is 2.54. The number of anilines is 2. The molecule has 1 aliphatic rings. The van der Waals surface area contributed by atoms with E-state index >= 15 is 0 Å². The summed E-state index contributed by atoms with van der Waals surface area (Å²) in [6.45, 7) is 0.541. The lowest BCUT2D eigenvalue weighted by atomic mass is 10.3. The van der Waals surface area contributed by atoms with E-state index in [4.69, 9.17) is 4.84 Å². The SMILES string of the molecule is OC(NOCC1CC1)c1ncc2cncn2c1Nc1ccc(I)cc1F. The zero-order valence-electron chi connectivity index (χ0n) is 13.7. The van der Waals surface area contributed by atoms with Crippen molar-refractivity contribution in [1.82, 2.24) is 19.8 Å². The number of fused-ring (bicyclic) bond motifs is 1. The first-order valence-electron chi connectivity index (χ1n) is 8.20. The van der Waals surface area contributed by atoms with Gasteiger partial charge in [0, 0.05) is 3.57 Å². The molecule has 1 unspecified atom stereocenters. The van der Waals surface area contributed by atoms with Crippen LogP contribution in [0.2, 0.25) is 0 Å². The highest BCUT2D eigenvalue weighted by molar-refractivity contribution is 14.1. The first-order valence-corrected chi connectivity index (χ1v) is 9.28. The van der Waals surface area contributed by atoms with Gasteiger partial charge in [-0.05, 0) is 59.5 Å². The van der Waals surface area contributed by atoms with E-state index < -0.39 is 12.0 Å². The molecule has 0 aliphatic heterocycles. The molecule has 26 heavy (non-hydrogen) atoms. The van der Waals surface area contributed by atoms with Crippen LogP contribution in [0, 0.1) is 15.3 Å². The Morgan fingerprint density at radius 2 is 2.23 bits per heavy atom. The standard InChI is InChI=1S/C17H17FIN5O2/c18-13-5-11(19)3-4-14(13)22-16-15(17(25)23-26-8-10-1-2-10)21-7-12-6-20-9-24(12)16/h3-7,9-10,17,22-23,25H,1-2,8H2. The second kappa shape index (κ2) is 7.43. The number of aliphatic hydroxyl groups is 1. The molecular weight excluding hydrogens is 452 g/mol. The molecule has 1 fully saturated rings. The summed E-state index contributed by atoms with van der Waals surface area (Å²) in [7, 11) is 0. The summed E-state index contributed by atoms with van der Waals surface area (Å²) in [5.74, 6) is 0.569. The zero-order chi connectivity index (χ0) is 18.1. The number of hydrogen-bond acceptors (Lipinski definition) is 6. The number of rotatable bonds is 7. The molecule has 0 radical (unpaired) electrons. The summed E-state index contributed by atoms with van der Waals surface area (Å²) >= 11 is 2.05. The number of nitrogens with zero attached hydrogens (tertiary/aromatic N) is 3. The fourth-order valence-corrected chi connectivity index (χ4v) is 2.99. The molecule has 0 amide bonds. The fraction of sp³-hybridized carbons (Fsp3) is 0.294. The topological polar surface area (TPSA) is 83.7 Å². The van der Waals surface area contributed by atoms with Crippen molar-refractivity contribution in [3.8, 4) is 0 Å². The Hall–Kier alpha value is -1.82. The van der Waals surface area contributed by atoms with Gasteiger partial charge in [0.15, 0.2) is 6.23 Å². The van der Waals surface area contributed by atoms with Gasteiger partial charge in [0.05, 0.1) is 30.2 Å². The van der Waals surface area contributed by atoms with Gasteiger partial charge in [-0.1, -0.05) is 0 Å². The molecule has 0 saturated heterocycles. The summed E-state index contributed by atoms with van der Waals surface area (Å²) in [6.07, 6.45) is 5.92. The number of halogens is 2. The van der Waals surface area contributed by atoms with Crippen molar-refractivity contribution >= 4 is 39.6 Å². The van der Waals surface area contributed by atoms with Crippen molar-refractivity contribution in [2.24, 2.45) is 5.92 Å². The number of imidazole rings is 1. The van der Waals surface area contributed by atoms with Crippen molar-refractivity contribution in [3.05, 3.63) is 52.0 Å². The van der Waals surface area contributed by atoms with Crippen LogP contribution in [0.25, 0.3) is 5.52 Å². The van der Waals surface area contributed by atoms with Gasteiger partial charge in [0.1, 0.15) is 23.7 Å². The number of aliphatic hydroxyl groups excluding tert-OH is 1. The molecule has 136 valence electrons. The maximum atomic E-state index is 14.3. The predicted octanol–water partition coefficient (Wildman–Crippen LogP) is 3.14. The summed E-state index contributed by atoms with van der Waals surface area (Å²) in [4.78, 5) is 13.7. The first-order chi connectivity index (χ1) is 12.6. The molecular formula is C17H17FIN5O2. The zero-order valence-corrected chi connectivity index (χ0v) is 15.9. The Morgan fingerprint density at radius 1 is 1.38 bits per heavy atom. The van der Waals surface area contributed by atoms with Gasteiger partial charge in [0.2, 0.25) is 0 Å². The lowest BCUT2D eigenvalue weighted by molar-refractivity contribution is -0.0636. The average molecular weight is 469 g/mol. The lowest BCUT2D eigenvalue weighted by Gasteiger charge is -2.18. The van der Waals surface area contributed by atoms with E-state index in [9.17, 15) is 9.50 Å². The Bertz CT molecular complexity index is 931. The highest BCUT2D eigenvalue weighted by Gasteiger charge is 2.23. The van der Waals surface area contributed by atoms with E-state index in [-0.39, 0.29) is 11.4 Å². The average Bonchev–Trinajstić information content (AvgIpc) is 3.31. The number of aromatic nitrogens is 3.